The molecule has 0 aliphatic rings. The third kappa shape index (κ3) is 5.61. The molecule has 0 unspecified atom stereocenters. The molecule has 0 spiro atoms. The number of sulfonamides is 1. The van der Waals surface area contributed by atoms with E-state index in [1.807, 2.05) is 0 Å². The Labute approximate surface area is 163 Å². The Morgan fingerprint density at radius 3 is 2.46 bits per heavy atom. The van der Waals surface area contributed by atoms with E-state index in [0.29, 0.717) is 5.56 Å². The van der Waals surface area contributed by atoms with E-state index >= 15 is 0 Å². The molecule has 0 aliphatic heterocycles. The smallest absolute Gasteiger partial charge is 0.311 e. The fourth-order valence-electron chi connectivity index (χ4n) is 2.29. The summed E-state index contributed by atoms with van der Waals surface area (Å²) in [6.07, 6.45) is -1.29. The third-order valence-corrected chi connectivity index (χ3v) is 5.61. The van der Waals surface area contributed by atoms with Crippen molar-refractivity contribution in [1.29, 1.82) is 0 Å². The van der Waals surface area contributed by atoms with Crippen LogP contribution in [-0.4, -0.2) is 44.8 Å². The Morgan fingerprint density at radius 2 is 1.82 bits per heavy atom. The molecule has 0 aliphatic carbocycles. The predicted molar refractivity (Wildman–Crippen MR) is 102 cm³/mol. The van der Waals surface area contributed by atoms with Gasteiger partial charge in [-0.1, -0.05) is 18.2 Å². The van der Waals surface area contributed by atoms with Crippen LogP contribution in [0.5, 0.6) is 0 Å². The molecule has 2 aromatic rings. The van der Waals surface area contributed by atoms with Gasteiger partial charge in [-0.15, -0.1) is 0 Å². The molecule has 2 rings (SSSR count). The number of benzene rings is 2. The Hall–Kier alpha value is -2.78. The van der Waals surface area contributed by atoms with Crippen molar-refractivity contribution < 1.29 is 27.1 Å². The maximum absolute atomic E-state index is 13.2. The molecule has 2 aromatic carbocycles. The zero-order chi connectivity index (χ0) is 20.9. The molecule has 0 bridgehead atoms. The summed E-state index contributed by atoms with van der Waals surface area (Å²) in [4.78, 5) is 24.2. The number of carbonyl (C=O) groups is 2. The second-order valence-electron chi connectivity index (χ2n) is 6.24. The number of anilines is 1. The molecule has 0 saturated carbocycles. The summed E-state index contributed by atoms with van der Waals surface area (Å²) in [6.45, 7) is 1.39. The molecule has 7 nitrogen and oxygen atoms in total. The number of nitrogens with zero attached hydrogens (tertiary/aromatic N) is 1. The highest BCUT2D eigenvalue weighted by Gasteiger charge is 2.20. The van der Waals surface area contributed by atoms with Crippen LogP contribution >= 0.6 is 0 Å². The molecular weight excluding hydrogens is 387 g/mol. The van der Waals surface area contributed by atoms with Crippen LogP contribution in [-0.2, 0) is 30.8 Å². The first-order valence-electron chi connectivity index (χ1n) is 8.37. The minimum Gasteiger partial charge on any atom is -0.452 e. The van der Waals surface area contributed by atoms with Gasteiger partial charge in [-0.05, 0) is 42.8 Å². The molecule has 0 radical (unpaired) electrons. The molecular formula is C19H21FN2O5S. The van der Waals surface area contributed by atoms with Crippen molar-refractivity contribution >= 4 is 27.6 Å². The molecule has 150 valence electrons. The van der Waals surface area contributed by atoms with E-state index in [0.717, 1.165) is 4.31 Å². The van der Waals surface area contributed by atoms with Crippen LogP contribution in [0.2, 0.25) is 0 Å². The number of hydrogen-bond donors (Lipinski definition) is 1. The van der Waals surface area contributed by atoms with Crippen LogP contribution in [0.4, 0.5) is 10.1 Å². The monoisotopic (exact) mass is 408 g/mol. The Bertz CT molecular complexity index is 976. The van der Waals surface area contributed by atoms with Gasteiger partial charge in [0.15, 0.2) is 6.10 Å². The number of ether oxygens (including phenoxy) is 1. The predicted octanol–water partition coefficient (Wildman–Crippen LogP) is 2.19. The lowest BCUT2D eigenvalue weighted by atomic mass is 10.1. The first kappa shape index (κ1) is 21.5. The van der Waals surface area contributed by atoms with Crippen LogP contribution < -0.4 is 5.32 Å². The number of hydrogen-bond acceptors (Lipinski definition) is 5. The van der Waals surface area contributed by atoms with Gasteiger partial charge in [-0.2, -0.15) is 0 Å². The first-order valence-corrected chi connectivity index (χ1v) is 9.81. The maximum atomic E-state index is 13.2. The highest BCUT2D eigenvalue weighted by atomic mass is 32.2. The lowest BCUT2D eigenvalue weighted by Gasteiger charge is -2.15. The number of carbonyl (C=O) groups excluding carboxylic acids is 2. The van der Waals surface area contributed by atoms with Crippen molar-refractivity contribution in [3.05, 3.63) is 59.9 Å². The van der Waals surface area contributed by atoms with Crippen molar-refractivity contribution in [3.63, 3.8) is 0 Å². The third-order valence-electron chi connectivity index (χ3n) is 3.80. The topological polar surface area (TPSA) is 92.8 Å². The van der Waals surface area contributed by atoms with E-state index < -0.39 is 33.8 Å². The standard InChI is InChI=1S/C19H21FN2O5S/c1-13(27-18(23)11-14-6-4-7-15(20)10-14)19(24)21-16-8-5-9-17(12-16)28(25,26)22(2)3/h4-10,12-13H,11H2,1-3H3,(H,21,24)/t13-/m0/s1. The summed E-state index contributed by atoms with van der Waals surface area (Å²) in [5.74, 6) is -1.77. The first-order chi connectivity index (χ1) is 13.1. The van der Waals surface area contributed by atoms with Crippen molar-refractivity contribution in [1.82, 2.24) is 4.31 Å². The van der Waals surface area contributed by atoms with Gasteiger partial charge >= 0.3 is 5.97 Å². The zero-order valence-electron chi connectivity index (χ0n) is 15.7. The normalized spacial score (nSPS) is 12.5. The Balaban J connectivity index is 2.00. The average molecular weight is 408 g/mol. The molecule has 1 N–H and O–H groups in total. The summed E-state index contributed by atoms with van der Waals surface area (Å²) in [6, 6.07) is 11.3. The zero-order valence-corrected chi connectivity index (χ0v) is 16.5. The van der Waals surface area contributed by atoms with E-state index in [1.165, 1.54) is 63.5 Å². The number of halogens is 1. The van der Waals surface area contributed by atoms with Gasteiger partial charge in [0, 0.05) is 19.8 Å². The summed E-state index contributed by atoms with van der Waals surface area (Å²) in [5.41, 5.74) is 0.681. The van der Waals surface area contributed by atoms with E-state index in [9.17, 15) is 22.4 Å². The molecule has 0 aromatic heterocycles. The highest BCUT2D eigenvalue weighted by molar-refractivity contribution is 7.89. The van der Waals surface area contributed by atoms with Crippen molar-refractivity contribution in [2.24, 2.45) is 0 Å². The fraction of sp³-hybridized carbons (Fsp3) is 0.263. The van der Waals surface area contributed by atoms with E-state index in [2.05, 4.69) is 5.32 Å². The van der Waals surface area contributed by atoms with Gasteiger partial charge in [0.2, 0.25) is 10.0 Å². The Kier molecular flexibility index (Phi) is 6.87. The maximum Gasteiger partial charge on any atom is 0.311 e. The summed E-state index contributed by atoms with van der Waals surface area (Å²) in [5, 5.41) is 2.51. The Morgan fingerprint density at radius 1 is 1.14 bits per heavy atom. The van der Waals surface area contributed by atoms with Crippen LogP contribution in [0.3, 0.4) is 0 Å². The van der Waals surface area contributed by atoms with Crippen LogP contribution in [0.15, 0.2) is 53.4 Å². The van der Waals surface area contributed by atoms with Crippen LogP contribution in [0.25, 0.3) is 0 Å². The van der Waals surface area contributed by atoms with Crippen LogP contribution in [0.1, 0.15) is 12.5 Å². The van der Waals surface area contributed by atoms with Crippen molar-refractivity contribution in [2.45, 2.75) is 24.3 Å². The number of rotatable bonds is 7. The fourth-order valence-corrected chi connectivity index (χ4v) is 3.24. The summed E-state index contributed by atoms with van der Waals surface area (Å²) >= 11 is 0. The second-order valence-corrected chi connectivity index (χ2v) is 8.40. The summed E-state index contributed by atoms with van der Waals surface area (Å²) in [7, 11) is -0.840. The minimum absolute atomic E-state index is 0.0195. The van der Waals surface area contributed by atoms with Gasteiger partial charge in [-0.3, -0.25) is 9.59 Å². The van der Waals surface area contributed by atoms with Gasteiger partial charge < -0.3 is 10.1 Å². The number of esters is 1. The van der Waals surface area contributed by atoms with Gasteiger partial charge in [-0.25, -0.2) is 17.1 Å². The van der Waals surface area contributed by atoms with E-state index in [4.69, 9.17) is 4.74 Å². The van der Waals surface area contributed by atoms with Gasteiger partial charge in [0.05, 0.1) is 11.3 Å². The lowest BCUT2D eigenvalue weighted by Crippen LogP contribution is -2.30. The summed E-state index contributed by atoms with van der Waals surface area (Å²) < 4.78 is 43.6. The molecule has 9 heteroatoms. The molecule has 0 saturated heterocycles. The van der Waals surface area contributed by atoms with Gasteiger partial charge in [0.25, 0.3) is 5.91 Å². The van der Waals surface area contributed by atoms with Crippen molar-refractivity contribution in [3.8, 4) is 0 Å². The second kappa shape index (κ2) is 8.94. The highest BCUT2D eigenvalue weighted by Crippen LogP contribution is 2.18. The van der Waals surface area contributed by atoms with Crippen molar-refractivity contribution in [2.75, 3.05) is 19.4 Å². The number of amides is 1. The molecule has 1 atom stereocenters. The molecule has 1 amide bonds. The average Bonchev–Trinajstić information content (AvgIpc) is 2.61. The lowest BCUT2D eigenvalue weighted by molar-refractivity contribution is -0.152. The minimum atomic E-state index is -3.65. The molecule has 28 heavy (non-hydrogen) atoms. The quantitative estimate of drug-likeness (QED) is 0.709. The SMILES string of the molecule is C[C@H](OC(=O)Cc1cccc(F)c1)C(=O)Nc1cccc(S(=O)(=O)N(C)C)c1. The van der Waals surface area contributed by atoms with E-state index in [1.54, 1.807) is 6.07 Å². The van der Waals surface area contributed by atoms with E-state index in [-0.39, 0.29) is 17.0 Å². The molecule has 0 heterocycles. The number of nitrogens with one attached hydrogen (secondary N) is 1. The van der Waals surface area contributed by atoms with Crippen LogP contribution in [0, 0.1) is 5.82 Å². The molecule has 0 fully saturated rings. The van der Waals surface area contributed by atoms with Gasteiger partial charge in [0.1, 0.15) is 5.82 Å². The largest absolute Gasteiger partial charge is 0.452 e.